The van der Waals surface area contributed by atoms with Gasteiger partial charge in [-0.25, -0.2) is 4.79 Å². The van der Waals surface area contributed by atoms with Crippen molar-refractivity contribution in [2.45, 2.75) is 24.1 Å². The molecule has 0 spiro atoms. The zero-order valence-corrected chi connectivity index (χ0v) is 15.8. The maximum Gasteiger partial charge on any atom is 0.339 e. The summed E-state index contributed by atoms with van der Waals surface area (Å²) in [6.45, 7) is 2.46. The van der Waals surface area contributed by atoms with Gasteiger partial charge in [-0.05, 0) is 25.1 Å². The Morgan fingerprint density at radius 1 is 1.19 bits per heavy atom. The first-order valence-corrected chi connectivity index (χ1v) is 9.31. The number of carboxylic acids is 1. The Balaban J connectivity index is 2.03. The van der Waals surface area contributed by atoms with Gasteiger partial charge in [0.15, 0.2) is 0 Å². The summed E-state index contributed by atoms with van der Waals surface area (Å²) in [4.78, 5) is 14.0. The number of quaternary nitrogens is 1. The highest BCUT2D eigenvalue weighted by atomic mass is 32.2. The van der Waals surface area contributed by atoms with Crippen LogP contribution < -0.4 is 10.0 Å². The van der Waals surface area contributed by atoms with Crippen molar-refractivity contribution in [2.75, 3.05) is 14.1 Å². The standard InChI is InChI=1S/C20H21NO4S/c1-12-4-6-13(7-5-12)26-11-17-19(20(23)24)18-14(10-21(2)3)15(22)8-9-16(18)25-17/h4-9,22H,10-11H2,1-3H3,(H,23,24). The Kier molecular flexibility index (Phi) is 5.25. The van der Waals surface area contributed by atoms with E-state index >= 15 is 0 Å². The van der Waals surface area contributed by atoms with Crippen molar-refractivity contribution < 1.29 is 24.3 Å². The summed E-state index contributed by atoms with van der Waals surface area (Å²) in [6, 6.07) is 11.0. The Bertz CT molecular complexity index is 945. The Labute approximate surface area is 156 Å². The summed E-state index contributed by atoms with van der Waals surface area (Å²) in [5.74, 6) is -0.441. The number of rotatable bonds is 6. The second kappa shape index (κ2) is 7.43. The predicted octanol–water partition coefficient (Wildman–Crippen LogP) is 2.45. The SMILES string of the molecule is Cc1ccc(SCc2oc3ccc([O-])c(C[NH+](C)C)c3c2C(=O)O)cc1. The summed E-state index contributed by atoms with van der Waals surface area (Å²) in [5, 5.41) is 22.5. The molecule has 0 aliphatic heterocycles. The van der Waals surface area contributed by atoms with E-state index in [1.54, 1.807) is 6.07 Å². The van der Waals surface area contributed by atoms with Crippen LogP contribution in [0.1, 0.15) is 27.2 Å². The molecule has 136 valence electrons. The van der Waals surface area contributed by atoms with Crippen LogP contribution in [0.2, 0.25) is 0 Å². The van der Waals surface area contributed by atoms with Gasteiger partial charge in [-0.3, -0.25) is 0 Å². The van der Waals surface area contributed by atoms with E-state index in [0.717, 1.165) is 9.80 Å². The Morgan fingerprint density at radius 2 is 1.88 bits per heavy atom. The van der Waals surface area contributed by atoms with Crippen molar-refractivity contribution in [2.24, 2.45) is 0 Å². The largest absolute Gasteiger partial charge is 0.872 e. The van der Waals surface area contributed by atoms with E-state index in [4.69, 9.17) is 4.42 Å². The predicted molar refractivity (Wildman–Crippen MR) is 99.9 cm³/mol. The van der Waals surface area contributed by atoms with Gasteiger partial charge in [0.25, 0.3) is 0 Å². The molecule has 5 nitrogen and oxygen atoms in total. The van der Waals surface area contributed by atoms with Crippen LogP contribution in [-0.4, -0.2) is 25.2 Å². The molecule has 3 rings (SSSR count). The number of hydrogen-bond acceptors (Lipinski definition) is 4. The van der Waals surface area contributed by atoms with E-state index in [1.165, 1.54) is 23.4 Å². The molecule has 0 fully saturated rings. The second-order valence-corrected chi connectivity index (χ2v) is 7.66. The number of benzene rings is 2. The molecule has 0 bridgehead atoms. The van der Waals surface area contributed by atoms with Crippen molar-refractivity contribution in [3.05, 3.63) is 58.8 Å². The van der Waals surface area contributed by atoms with Gasteiger partial charge in [0.05, 0.1) is 19.8 Å². The third-order valence-electron chi connectivity index (χ3n) is 4.13. The summed E-state index contributed by atoms with van der Waals surface area (Å²) in [6.07, 6.45) is 0. The lowest BCUT2D eigenvalue weighted by molar-refractivity contribution is -0.872. The number of carboxylic acid groups (broad SMARTS) is 1. The number of aromatic carboxylic acids is 1. The molecule has 0 aliphatic rings. The quantitative estimate of drug-likeness (QED) is 0.651. The lowest BCUT2D eigenvalue weighted by atomic mass is 10.0. The molecule has 0 unspecified atom stereocenters. The highest BCUT2D eigenvalue weighted by molar-refractivity contribution is 7.98. The molecular formula is C20H21NO4S. The van der Waals surface area contributed by atoms with Crippen molar-refractivity contribution >= 4 is 28.7 Å². The lowest BCUT2D eigenvalue weighted by Crippen LogP contribution is -3.04. The fourth-order valence-corrected chi connectivity index (χ4v) is 3.76. The molecular weight excluding hydrogens is 350 g/mol. The van der Waals surface area contributed by atoms with E-state index in [0.29, 0.717) is 34.6 Å². The van der Waals surface area contributed by atoms with Gasteiger partial charge in [0, 0.05) is 15.8 Å². The lowest BCUT2D eigenvalue weighted by Gasteiger charge is -2.16. The summed E-state index contributed by atoms with van der Waals surface area (Å²) in [5.41, 5.74) is 2.23. The molecule has 6 heteroatoms. The second-order valence-electron chi connectivity index (χ2n) is 6.61. The smallest absolute Gasteiger partial charge is 0.339 e. The van der Waals surface area contributed by atoms with Crippen LogP contribution in [-0.2, 0) is 12.3 Å². The molecule has 0 radical (unpaired) electrons. The van der Waals surface area contributed by atoms with Crippen LogP contribution in [0.15, 0.2) is 45.7 Å². The van der Waals surface area contributed by atoms with E-state index in [1.807, 2.05) is 45.3 Å². The van der Waals surface area contributed by atoms with Crippen molar-refractivity contribution in [3.63, 3.8) is 0 Å². The van der Waals surface area contributed by atoms with E-state index in [-0.39, 0.29) is 11.3 Å². The highest BCUT2D eigenvalue weighted by Gasteiger charge is 2.24. The van der Waals surface area contributed by atoms with E-state index in [2.05, 4.69) is 0 Å². The number of hydrogen-bond donors (Lipinski definition) is 2. The average molecular weight is 371 g/mol. The van der Waals surface area contributed by atoms with Gasteiger partial charge in [0.2, 0.25) is 0 Å². The number of nitrogens with one attached hydrogen (secondary N) is 1. The molecule has 1 aromatic heterocycles. The van der Waals surface area contributed by atoms with Gasteiger partial charge in [0.1, 0.15) is 23.5 Å². The summed E-state index contributed by atoms with van der Waals surface area (Å²) in [7, 11) is 3.85. The molecule has 0 amide bonds. The molecule has 0 saturated heterocycles. The van der Waals surface area contributed by atoms with E-state index in [9.17, 15) is 15.0 Å². The van der Waals surface area contributed by atoms with E-state index < -0.39 is 5.97 Å². The first kappa shape index (κ1) is 18.4. The summed E-state index contributed by atoms with van der Waals surface area (Å²) >= 11 is 1.51. The zero-order chi connectivity index (χ0) is 18.8. The zero-order valence-electron chi connectivity index (χ0n) is 15.0. The summed E-state index contributed by atoms with van der Waals surface area (Å²) < 4.78 is 5.83. The van der Waals surface area contributed by atoms with Crippen LogP contribution in [0.3, 0.4) is 0 Å². The van der Waals surface area contributed by atoms with Gasteiger partial charge in [-0.1, -0.05) is 29.5 Å². The molecule has 0 saturated carbocycles. The maximum absolute atomic E-state index is 12.3. The first-order valence-electron chi connectivity index (χ1n) is 8.33. The number of furan rings is 1. The topological polar surface area (TPSA) is 77.9 Å². The molecule has 0 aliphatic carbocycles. The average Bonchev–Trinajstić information content (AvgIpc) is 2.96. The third kappa shape index (κ3) is 3.71. The number of carbonyl (C=O) groups is 1. The third-order valence-corrected chi connectivity index (χ3v) is 5.14. The Morgan fingerprint density at radius 3 is 2.50 bits per heavy atom. The van der Waals surface area contributed by atoms with Gasteiger partial charge in [-0.2, -0.15) is 0 Å². The van der Waals surface area contributed by atoms with Crippen LogP contribution in [0, 0.1) is 6.92 Å². The maximum atomic E-state index is 12.3. The molecule has 2 aromatic carbocycles. The van der Waals surface area contributed by atoms with Gasteiger partial charge < -0.3 is 19.5 Å². The van der Waals surface area contributed by atoms with Crippen molar-refractivity contribution in [3.8, 4) is 5.75 Å². The van der Waals surface area contributed by atoms with Crippen molar-refractivity contribution in [1.82, 2.24) is 0 Å². The van der Waals surface area contributed by atoms with Crippen LogP contribution in [0.4, 0.5) is 0 Å². The molecule has 26 heavy (non-hydrogen) atoms. The molecule has 2 N–H and O–H groups in total. The van der Waals surface area contributed by atoms with Crippen LogP contribution >= 0.6 is 11.8 Å². The van der Waals surface area contributed by atoms with Crippen LogP contribution in [0.25, 0.3) is 11.0 Å². The minimum Gasteiger partial charge on any atom is -0.872 e. The minimum atomic E-state index is -1.07. The Hall–Kier alpha value is -2.44. The number of fused-ring (bicyclic) bond motifs is 1. The van der Waals surface area contributed by atoms with Gasteiger partial charge >= 0.3 is 5.97 Å². The fourth-order valence-electron chi connectivity index (χ4n) is 2.93. The molecule has 0 atom stereocenters. The normalized spacial score (nSPS) is 11.4. The van der Waals surface area contributed by atoms with Crippen molar-refractivity contribution in [1.29, 1.82) is 0 Å². The number of thioether (sulfide) groups is 1. The molecule has 3 aromatic rings. The first-order chi connectivity index (χ1) is 12.4. The van der Waals surface area contributed by atoms with Crippen LogP contribution in [0.5, 0.6) is 5.75 Å². The molecule has 1 heterocycles. The minimum absolute atomic E-state index is 0.105. The number of aryl methyl sites for hydroxylation is 1. The monoisotopic (exact) mass is 371 g/mol. The highest BCUT2D eigenvalue weighted by Crippen LogP contribution is 2.35. The van der Waals surface area contributed by atoms with Gasteiger partial charge in [-0.15, -0.1) is 11.8 Å². The fraction of sp³-hybridized carbons (Fsp3) is 0.250.